The van der Waals surface area contributed by atoms with Crippen LogP contribution in [-0.2, 0) is 20.9 Å². The summed E-state index contributed by atoms with van der Waals surface area (Å²) in [5, 5.41) is 8.97. The van der Waals surface area contributed by atoms with Crippen LogP contribution in [0.2, 0.25) is 0 Å². The average Bonchev–Trinajstić information content (AvgIpc) is 2.85. The third-order valence-electron chi connectivity index (χ3n) is 5.40. The van der Waals surface area contributed by atoms with Crippen molar-refractivity contribution in [3.8, 4) is 11.5 Å². The second kappa shape index (κ2) is 9.25. The monoisotopic (exact) mass is 441 g/mol. The summed E-state index contributed by atoms with van der Waals surface area (Å²) in [5.74, 6) is -0.729. The SMILES string of the molecule is COc1ccc(CN2C(=O)C(C(=O)N3CCOCC3)Oc3ccc(C(=O)NO)cc32)cc1. The van der Waals surface area contributed by atoms with Gasteiger partial charge in [0.25, 0.3) is 23.8 Å². The van der Waals surface area contributed by atoms with Gasteiger partial charge in [-0.05, 0) is 35.9 Å². The molecule has 10 nitrogen and oxygen atoms in total. The smallest absolute Gasteiger partial charge is 0.278 e. The highest BCUT2D eigenvalue weighted by molar-refractivity contribution is 6.13. The number of amides is 3. The minimum Gasteiger partial charge on any atom is -0.497 e. The number of ether oxygens (including phenoxy) is 3. The van der Waals surface area contributed by atoms with Gasteiger partial charge in [0.1, 0.15) is 11.5 Å². The van der Waals surface area contributed by atoms with Gasteiger partial charge in [0.05, 0.1) is 32.6 Å². The van der Waals surface area contributed by atoms with Crippen molar-refractivity contribution in [3.05, 3.63) is 53.6 Å². The summed E-state index contributed by atoms with van der Waals surface area (Å²) < 4.78 is 16.3. The molecule has 2 heterocycles. The summed E-state index contributed by atoms with van der Waals surface area (Å²) in [6.45, 7) is 1.72. The van der Waals surface area contributed by atoms with Crippen LogP contribution in [0.15, 0.2) is 42.5 Å². The largest absolute Gasteiger partial charge is 0.497 e. The number of hydrogen-bond donors (Lipinski definition) is 2. The Morgan fingerprint density at radius 2 is 1.88 bits per heavy atom. The Morgan fingerprint density at radius 3 is 2.53 bits per heavy atom. The van der Waals surface area contributed by atoms with E-state index in [1.165, 1.54) is 23.1 Å². The number of morpholine rings is 1. The summed E-state index contributed by atoms with van der Waals surface area (Å²) in [4.78, 5) is 41.3. The fourth-order valence-corrected chi connectivity index (χ4v) is 3.65. The van der Waals surface area contributed by atoms with E-state index >= 15 is 0 Å². The maximum Gasteiger partial charge on any atom is 0.278 e. The molecule has 4 rings (SSSR count). The highest BCUT2D eigenvalue weighted by atomic mass is 16.5. The van der Waals surface area contributed by atoms with Gasteiger partial charge in [0.2, 0.25) is 0 Å². The molecule has 1 saturated heterocycles. The zero-order valence-corrected chi connectivity index (χ0v) is 17.4. The highest BCUT2D eigenvalue weighted by Gasteiger charge is 2.41. The van der Waals surface area contributed by atoms with Crippen LogP contribution in [0.5, 0.6) is 11.5 Å². The Kier molecular flexibility index (Phi) is 6.24. The molecule has 2 aromatic rings. The van der Waals surface area contributed by atoms with Gasteiger partial charge in [-0.1, -0.05) is 12.1 Å². The average molecular weight is 441 g/mol. The number of fused-ring (bicyclic) bond motifs is 1. The van der Waals surface area contributed by atoms with E-state index in [-0.39, 0.29) is 12.1 Å². The molecule has 1 atom stereocenters. The molecule has 2 N–H and O–H groups in total. The second-order valence-electron chi connectivity index (χ2n) is 7.33. The van der Waals surface area contributed by atoms with Crippen molar-refractivity contribution in [2.24, 2.45) is 0 Å². The highest BCUT2D eigenvalue weighted by Crippen LogP contribution is 2.36. The predicted molar refractivity (Wildman–Crippen MR) is 112 cm³/mol. The van der Waals surface area contributed by atoms with Crippen molar-refractivity contribution in [3.63, 3.8) is 0 Å². The van der Waals surface area contributed by atoms with E-state index in [2.05, 4.69) is 0 Å². The van der Waals surface area contributed by atoms with Gasteiger partial charge in [0.15, 0.2) is 0 Å². The molecule has 168 valence electrons. The maximum atomic E-state index is 13.4. The quantitative estimate of drug-likeness (QED) is 0.403. The van der Waals surface area contributed by atoms with E-state index in [1.807, 2.05) is 12.1 Å². The number of carbonyl (C=O) groups excluding carboxylic acids is 3. The van der Waals surface area contributed by atoms with E-state index in [4.69, 9.17) is 19.4 Å². The third-order valence-corrected chi connectivity index (χ3v) is 5.40. The van der Waals surface area contributed by atoms with Gasteiger partial charge in [-0.15, -0.1) is 0 Å². The van der Waals surface area contributed by atoms with Crippen LogP contribution < -0.4 is 19.9 Å². The molecule has 2 aromatic carbocycles. The van der Waals surface area contributed by atoms with Crippen molar-refractivity contribution in [1.82, 2.24) is 10.4 Å². The summed E-state index contributed by atoms with van der Waals surface area (Å²) in [7, 11) is 1.56. The Morgan fingerprint density at radius 1 is 1.16 bits per heavy atom. The van der Waals surface area contributed by atoms with Crippen LogP contribution in [0.1, 0.15) is 15.9 Å². The van der Waals surface area contributed by atoms with E-state index in [0.717, 1.165) is 5.56 Å². The second-order valence-corrected chi connectivity index (χ2v) is 7.33. The van der Waals surface area contributed by atoms with Crippen LogP contribution in [-0.4, -0.2) is 67.3 Å². The minimum absolute atomic E-state index is 0.139. The van der Waals surface area contributed by atoms with Gasteiger partial charge in [-0.3, -0.25) is 19.6 Å². The van der Waals surface area contributed by atoms with Gasteiger partial charge in [-0.2, -0.15) is 0 Å². The molecular formula is C22H23N3O7. The Labute approximate surface area is 184 Å². The number of nitrogens with one attached hydrogen (secondary N) is 1. The molecule has 1 fully saturated rings. The van der Waals surface area contributed by atoms with E-state index < -0.39 is 23.8 Å². The van der Waals surface area contributed by atoms with Gasteiger partial charge in [-0.25, -0.2) is 5.48 Å². The van der Waals surface area contributed by atoms with Crippen LogP contribution in [0, 0.1) is 0 Å². The van der Waals surface area contributed by atoms with Gasteiger partial charge < -0.3 is 24.0 Å². The van der Waals surface area contributed by atoms with Gasteiger partial charge >= 0.3 is 0 Å². The summed E-state index contributed by atoms with van der Waals surface area (Å²) in [5.41, 5.74) is 2.84. The Hall–Kier alpha value is -3.63. The summed E-state index contributed by atoms with van der Waals surface area (Å²) >= 11 is 0. The number of rotatable bonds is 5. The zero-order valence-electron chi connectivity index (χ0n) is 17.4. The van der Waals surface area contributed by atoms with Crippen molar-refractivity contribution in [2.75, 3.05) is 38.3 Å². The predicted octanol–water partition coefficient (Wildman–Crippen LogP) is 0.967. The molecule has 10 heteroatoms. The minimum atomic E-state index is -1.34. The first kappa shape index (κ1) is 21.6. The standard InChI is InChI=1S/C22H23N3O7/c1-30-16-5-2-14(3-6-16)13-25-17-12-15(20(26)23-29)4-7-18(17)32-19(22(25)28)21(27)24-8-10-31-11-9-24/h2-7,12,19,29H,8-11,13H2,1H3,(H,23,26). The first-order valence-electron chi connectivity index (χ1n) is 10.1. The molecule has 0 radical (unpaired) electrons. The van der Waals surface area contributed by atoms with Gasteiger partial charge in [0, 0.05) is 18.7 Å². The number of anilines is 1. The van der Waals surface area contributed by atoms with Crippen LogP contribution in [0.25, 0.3) is 0 Å². The van der Waals surface area contributed by atoms with Crippen molar-refractivity contribution in [2.45, 2.75) is 12.6 Å². The van der Waals surface area contributed by atoms with Crippen LogP contribution in [0.4, 0.5) is 5.69 Å². The molecule has 0 bridgehead atoms. The number of benzene rings is 2. The lowest BCUT2D eigenvalue weighted by Crippen LogP contribution is -2.56. The molecule has 2 aliphatic heterocycles. The third kappa shape index (κ3) is 4.23. The van der Waals surface area contributed by atoms with Crippen LogP contribution >= 0.6 is 0 Å². The van der Waals surface area contributed by atoms with Crippen molar-refractivity contribution >= 4 is 23.4 Å². The lowest BCUT2D eigenvalue weighted by molar-refractivity contribution is -0.149. The number of hydrogen-bond acceptors (Lipinski definition) is 7. The van der Waals surface area contributed by atoms with Crippen LogP contribution in [0.3, 0.4) is 0 Å². The lowest BCUT2D eigenvalue weighted by atomic mass is 10.1. The molecule has 0 saturated carbocycles. The summed E-state index contributed by atoms with van der Waals surface area (Å²) in [6.07, 6.45) is -1.34. The maximum absolute atomic E-state index is 13.4. The van der Waals surface area contributed by atoms with E-state index in [0.29, 0.717) is 43.5 Å². The lowest BCUT2D eigenvalue weighted by Gasteiger charge is -2.37. The Bertz CT molecular complexity index is 1020. The number of methoxy groups -OCH3 is 1. The first-order valence-corrected chi connectivity index (χ1v) is 10.1. The van der Waals surface area contributed by atoms with Crippen molar-refractivity contribution < 1.29 is 33.8 Å². The molecule has 3 amide bonds. The van der Waals surface area contributed by atoms with Crippen molar-refractivity contribution in [1.29, 1.82) is 0 Å². The molecule has 0 aromatic heterocycles. The molecule has 0 spiro atoms. The Balaban J connectivity index is 1.69. The molecule has 0 aliphatic carbocycles. The molecule has 2 aliphatic rings. The molecule has 32 heavy (non-hydrogen) atoms. The molecule has 1 unspecified atom stereocenters. The zero-order chi connectivity index (χ0) is 22.7. The van der Waals surface area contributed by atoms with E-state index in [9.17, 15) is 14.4 Å². The topological polar surface area (TPSA) is 118 Å². The number of carbonyl (C=O) groups is 3. The summed E-state index contributed by atoms with van der Waals surface area (Å²) in [6, 6.07) is 11.6. The fourth-order valence-electron chi connectivity index (χ4n) is 3.65. The number of hydroxylamine groups is 1. The number of nitrogens with zero attached hydrogens (tertiary/aromatic N) is 2. The first-order chi connectivity index (χ1) is 15.5. The van der Waals surface area contributed by atoms with E-state index in [1.54, 1.807) is 29.6 Å². The normalized spacial score (nSPS) is 17.9. The fraction of sp³-hybridized carbons (Fsp3) is 0.318. The molecular weight excluding hydrogens is 418 g/mol.